The Kier molecular flexibility index (Phi) is 4.88. The molecule has 100 valence electrons. The number of halogens is 1. The Hall–Kier alpha value is -1.00. The maximum Gasteiger partial charge on any atom is 0.128 e. The van der Waals surface area contributed by atoms with Crippen LogP contribution in [-0.4, -0.2) is 18.3 Å². The Morgan fingerprint density at radius 3 is 2.53 bits per heavy atom. The molecule has 0 fully saturated rings. The summed E-state index contributed by atoms with van der Waals surface area (Å²) in [6, 6.07) is 10.8. The Morgan fingerprint density at radius 1 is 1.26 bits per heavy atom. The van der Waals surface area contributed by atoms with Crippen molar-refractivity contribution in [1.82, 2.24) is 4.98 Å². The van der Waals surface area contributed by atoms with Crippen LogP contribution in [0.5, 0.6) is 0 Å². The maximum atomic E-state index is 4.44. The van der Waals surface area contributed by atoms with Crippen molar-refractivity contribution in [2.45, 2.75) is 18.4 Å². The molecule has 0 aliphatic carbocycles. The highest BCUT2D eigenvalue weighted by atomic mass is 79.9. The molecule has 4 heteroatoms. The van der Waals surface area contributed by atoms with Crippen LogP contribution < -0.4 is 4.90 Å². The average molecular weight is 337 g/mol. The van der Waals surface area contributed by atoms with E-state index in [0.29, 0.717) is 0 Å². The van der Waals surface area contributed by atoms with Gasteiger partial charge in [0.2, 0.25) is 0 Å². The molecule has 2 aromatic rings. The number of thioether (sulfide) groups is 1. The fourth-order valence-electron chi connectivity index (χ4n) is 1.82. The first-order valence-corrected chi connectivity index (χ1v) is 8.08. The summed E-state index contributed by atoms with van der Waals surface area (Å²) in [5.41, 5.74) is 2.50. The number of nitrogens with zero attached hydrogens (tertiary/aromatic N) is 2. The Labute approximate surface area is 127 Å². The molecular weight excluding hydrogens is 320 g/mol. The van der Waals surface area contributed by atoms with Gasteiger partial charge in [-0.1, -0.05) is 12.1 Å². The largest absolute Gasteiger partial charge is 0.355 e. The molecule has 19 heavy (non-hydrogen) atoms. The van der Waals surface area contributed by atoms with E-state index in [1.165, 1.54) is 16.0 Å². The molecule has 2 rings (SSSR count). The highest BCUT2D eigenvalue weighted by Crippen LogP contribution is 2.21. The van der Waals surface area contributed by atoms with Gasteiger partial charge in [0.1, 0.15) is 5.82 Å². The zero-order valence-electron chi connectivity index (χ0n) is 11.4. The first kappa shape index (κ1) is 14.4. The van der Waals surface area contributed by atoms with E-state index >= 15 is 0 Å². The van der Waals surface area contributed by atoms with Gasteiger partial charge in [-0.2, -0.15) is 0 Å². The van der Waals surface area contributed by atoms with Crippen LogP contribution in [0.25, 0.3) is 0 Å². The number of hydrogen-bond acceptors (Lipinski definition) is 3. The van der Waals surface area contributed by atoms with Crippen molar-refractivity contribution in [1.29, 1.82) is 0 Å². The van der Waals surface area contributed by atoms with Crippen LogP contribution in [0, 0.1) is 6.92 Å². The molecule has 0 spiro atoms. The number of aryl methyl sites for hydroxylation is 1. The monoisotopic (exact) mass is 336 g/mol. The van der Waals surface area contributed by atoms with Crippen molar-refractivity contribution in [3.05, 3.63) is 52.1 Å². The lowest BCUT2D eigenvalue weighted by Crippen LogP contribution is -2.17. The second kappa shape index (κ2) is 6.44. The molecule has 0 unspecified atom stereocenters. The molecular formula is C15H17BrN2S. The first-order valence-electron chi connectivity index (χ1n) is 6.06. The standard InChI is InChI=1S/C15H17BrN2S/c1-11-8-15(17-9-14(11)16)18(2)10-12-4-6-13(19-3)7-5-12/h4-9H,10H2,1-3H3. The zero-order chi connectivity index (χ0) is 13.8. The third-order valence-corrected chi connectivity index (χ3v) is 4.58. The predicted molar refractivity (Wildman–Crippen MR) is 87.0 cm³/mol. The van der Waals surface area contributed by atoms with Crippen molar-refractivity contribution in [3.8, 4) is 0 Å². The minimum absolute atomic E-state index is 0.864. The molecule has 1 aromatic carbocycles. The highest BCUT2D eigenvalue weighted by molar-refractivity contribution is 9.10. The quantitative estimate of drug-likeness (QED) is 0.764. The Morgan fingerprint density at radius 2 is 1.95 bits per heavy atom. The van der Waals surface area contributed by atoms with E-state index in [1.807, 2.05) is 6.20 Å². The molecule has 0 radical (unpaired) electrons. The zero-order valence-corrected chi connectivity index (χ0v) is 13.8. The topological polar surface area (TPSA) is 16.1 Å². The van der Waals surface area contributed by atoms with Gasteiger partial charge in [0.15, 0.2) is 0 Å². The summed E-state index contributed by atoms with van der Waals surface area (Å²) in [6.45, 7) is 2.94. The molecule has 0 aliphatic rings. The maximum absolute atomic E-state index is 4.44. The van der Waals surface area contributed by atoms with Crippen LogP contribution in [0.1, 0.15) is 11.1 Å². The van der Waals surface area contributed by atoms with Crippen LogP contribution in [0.4, 0.5) is 5.82 Å². The van der Waals surface area contributed by atoms with E-state index in [9.17, 15) is 0 Å². The molecule has 0 saturated heterocycles. The summed E-state index contributed by atoms with van der Waals surface area (Å²) in [5.74, 6) is 0.995. The summed E-state index contributed by atoms with van der Waals surface area (Å²) in [4.78, 5) is 7.90. The number of aromatic nitrogens is 1. The van der Waals surface area contributed by atoms with Gasteiger partial charge in [-0.3, -0.25) is 0 Å². The van der Waals surface area contributed by atoms with E-state index < -0.39 is 0 Å². The summed E-state index contributed by atoms with van der Waals surface area (Å²) in [5, 5.41) is 0. The van der Waals surface area contributed by atoms with Gasteiger partial charge in [0.05, 0.1) is 0 Å². The molecule has 0 amide bonds. The van der Waals surface area contributed by atoms with Gasteiger partial charge in [-0.15, -0.1) is 11.8 Å². The fourth-order valence-corrected chi connectivity index (χ4v) is 2.44. The van der Waals surface area contributed by atoms with Crippen LogP contribution in [-0.2, 0) is 6.54 Å². The lowest BCUT2D eigenvalue weighted by Gasteiger charge is -2.19. The second-order valence-electron chi connectivity index (χ2n) is 4.50. The smallest absolute Gasteiger partial charge is 0.128 e. The highest BCUT2D eigenvalue weighted by Gasteiger charge is 2.05. The summed E-state index contributed by atoms with van der Waals surface area (Å²) < 4.78 is 1.05. The molecule has 0 saturated carbocycles. The molecule has 0 aliphatic heterocycles. The summed E-state index contributed by atoms with van der Waals surface area (Å²) in [7, 11) is 2.07. The number of benzene rings is 1. The van der Waals surface area contributed by atoms with Crippen molar-refractivity contribution in [2.75, 3.05) is 18.2 Å². The lowest BCUT2D eigenvalue weighted by molar-refractivity contribution is 0.894. The number of hydrogen-bond donors (Lipinski definition) is 0. The third kappa shape index (κ3) is 3.74. The van der Waals surface area contributed by atoms with Gasteiger partial charge >= 0.3 is 0 Å². The Balaban J connectivity index is 2.10. The minimum atomic E-state index is 0.864. The average Bonchev–Trinajstić information content (AvgIpc) is 2.42. The van der Waals surface area contributed by atoms with Gasteiger partial charge < -0.3 is 4.90 Å². The van der Waals surface area contributed by atoms with Gasteiger partial charge in [-0.05, 0) is 58.4 Å². The van der Waals surface area contributed by atoms with Crippen LogP contribution in [0.3, 0.4) is 0 Å². The SMILES string of the molecule is CSc1ccc(CN(C)c2cc(C)c(Br)cn2)cc1. The van der Waals surface area contributed by atoms with E-state index in [0.717, 1.165) is 16.8 Å². The molecule has 1 heterocycles. The molecule has 0 atom stereocenters. The summed E-state index contributed by atoms with van der Waals surface area (Å²) in [6.07, 6.45) is 3.95. The molecule has 0 N–H and O–H groups in total. The first-order chi connectivity index (χ1) is 9.10. The van der Waals surface area contributed by atoms with Gasteiger partial charge in [0, 0.05) is 29.2 Å². The van der Waals surface area contributed by atoms with Crippen LogP contribution >= 0.6 is 27.7 Å². The lowest BCUT2D eigenvalue weighted by atomic mass is 10.2. The second-order valence-corrected chi connectivity index (χ2v) is 6.23. The van der Waals surface area contributed by atoms with E-state index in [2.05, 4.69) is 76.4 Å². The fraction of sp³-hybridized carbons (Fsp3) is 0.267. The van der Waals surface area contributed by atoms with Crippen molar-refractivity contribution in [3.63, 3.8) is 0 Å². The normalized spacial score (nSPS) is 10.5. The van der Waals surface area contributed by atoms with E-state index in [4.69, 9.17) is 0 Å². The van der Waals surface area contributed by atoms with E-state index in [-0.39, 0.29) is 0 Å². The third-order valence-electron chi connectivity index (χ3n) is 3.00. The summed E-state index contributed by atoms with van der Waals surface area (Å²) >= 11 is 5.24. The number of anilines is 1. The molecule has 0 bridgehead atoms. The van der Waals surface area contributed by atoms with Gasteiger partial charge in [-0.25, -0.2) is 4.98 Å². The van der Waals surface area contributed by atoms with Crippen molar-refractivity contribution >= 4 is 33.5 Å². The van der Waals surface area contributed by atoms with Crippen molar-refractivity contribution in [2.24, 2.45) is 0 Å². The Bertz CT molecular complexity index is 555. The number of rotatable bonds is 4. The van der Waals surface area contributed by atoms with Gasteiger partial charge in [0.25, 0.3) is 0 Å². The minimum Gasteiger partial charge on any atom is -0.355 e. The van der Waals surface area contributed by atoms with Crippen molar-refractivity contribution < 1.29 is 0 Å². The van der Waals surface area contributed by atoms with Crippen LogP contribution in [0.2, 0.25) is 0 Å². The van der Waals surface area contributed by atoms with E-state index in [1.54, 1.807) is 11.8 Å². The van der Waals surface area contributed by atoms with Crippen LogP contribution in [0.15, 0.2) is 45.9 Å². The molecule has 1 aromatic heterocycles. The number of pyridine rings is 1. The predicted octanol–water partition coefficient (Wildman–Crippen LogP) is 4.51. The molecule has 2 nitrogen and oxygen atoms in total.